The van der Waals surface area contributed by atoms with Gasteiger partial charge in [0.15, 0.2) is 17.2 Å². The molecule has 84 heavy (non-hydrogen) atoms. The lowest BCUT2D eigenvalue weighted by Gasteiger charge is -2.31. The van der Waals surface area contributed by atoms with Crippen LogP contribution in [0.1, 0.15) is 224 Å². The Morgan fingerprint density at radius 3 is 1.49 bits per heavy atom. The molecule has 11 heteroatoms. The molecule has 0 aliphatic heterocycles. The third kappa shape index (κ3) is 33.6. The zero-order valence-corrected chi connectivity index (χ0v) is 58.5. The summed E-state index contributed by atoms with van der Waals surface area (Å²) in [6, 6.07) is 19.8. The smallest absolute Gasteiger partial charge is 0.193 e. The van der Waals surface area contributed by atoms with Crippen molar-refractivity contribution in [3.05, 3.63) is 118 Å². The van der Waals surface area contributed by atoms with E-state index >= 15 is 0 Å². The third-order valence-electron chi connectivity index (χ3n) is 13.4. The topological polar surface area (TPSA) is 141 Å². The van der Waals surface area contributed by atoms with Crippen molar-refractivity contribution in [2.45, 2.75) is 223 Å². The number of aliphatic hydroxyl groups is 1. The van der Waals surface area contributed by atoms with E-state index in [1.165, 1.54) is 5.56 Å². The van der Waals surface area contributed by atoms with Gasteiger partial charge < -0.3 is 19.1 Å². The van der Waals surface area contributed by atoms with E-state index in [4.69, 9.17) is 21.1 Å². The fraction of sp³-hybridized carbons (Fsp3) is 0.616. The van der Waals surface area contributed by atoms with Crippen molar-refractivity contribution >= 4 is 46.3 Å². The fourth-order valence-corrected chi connectivity index (χ4v) is 8.81. The molecule has 0 saturated carbocycles. The zero-order chi connectivity index (χ0) is 66.0. The van der Waals surface area contributed by atoms with Crippen LogP contribution in [0.2, 0.25) is 5.02 Å². The molecule has 3 aromatic carbocycles. The quantitative estimate of drug-likeness (QED) is 0.0425. The Balaban J connectivity index is 0. The molecule has 0 amide bonds. The van der Waals surface area contributed by atoms with E-state index in [2.05, 4.69) is 58.0 Å². The number of carbonyl (C=O) groups is 6. The molecule has 0 heterocycles. The van der Waals surface area contributed by atoms with Gasteiger partial charge in [0, 0.05) is 67.4 Å². The van der Waals surface area contributed by atoms with Crippen LogP contribution in [0.25, 0.3) is 0 Å². The molecule has 474 valence electrons. The maximum Gasteiger partial charge on any atom is 0.193 e. The molecule has 0 saturated heterocycles. The first kappa shape index (κ1) is 81.0. The molecule has 0 bridgehead atoms. The normalized spacial score (nSPS) is 12.8. The van der Waals surface area contributed by atoms with Crippen molar-refractivity contribution in [1.29, 1.82) is 0 Å². The van der Waals surface area contributed by atoms with Gasteiger partial charge in [0.25, 0.3) is 0 Å². The van der Waals surface area contributed by atoms with Crippen LogP contribution < -0.4 is 9.47 Å². The number of rotatable bonds is 23. The van der Waals surface area contributed by atoms with E-state index in [1.54, 1.807) is 62.4 Å². The summed E-state index contributed by atoms with van der Waals surface area (Å²) in [7, 11) is 6.01. The number of hydrogen-bond donors (Lipinski definition) is 1. The predicted molar refractivity (Wildman–Crippen MR) is 354 cm³/mol. The Morgan fingerprint density at radius 2 is 1.06 bits per heavy atom. The molecule has 0 aliphatic rings. The van der Waals surface area contributed by atoms with Crippen molar-refractivity contribution in [3.8, 4) is 11.5 Å². The average molecular weight is 1190 g/mol. The number of aliphatic hydroxyl groups excluding tert-OH is 1. The molecule has 3 rings (SSSR count). The molecule has 0 aliphatic carbocycles. The van der Waals surface area contributed by atoms with Gasteiger partial charge in [-0.1, -0.05) is 187 Å². The molecule has 0 fully saturated rings. The van der Waals surface area contributed by atoms with Crippen LogP contribution in [0, 0.1) is 52.3 Å². The van der Waals surface area contributed by atoms with Crippen molar-refractivity contribution in [1.82, 2.24) is 0 Å². The minimum absolute atomic E-state index is 0.0151. The minimum Gasteiger partial charge on any atom is -0.493 e. The highest BCUT2D eigenvalue weighted by Gasteiger charge is 2.38. The molecule has 0 aromatic heterocycles. The number of likely N-dealkylation sites (N-methyl/N-ethyl adjacent to an activating group) is 1. The van der Waals surface area contributed by atoms with Crippen LogP contribution in [0.5, 0.6) is 11.5 Å². The van der Waals surface area contributed by atoms with Crippen LogP contribution in [-0.4, -0.2) is 90.3 Å². The van der Waals surface area contributed by atoms with Gasteiger partial charge in [0.2, 0.25) is 0 Å². The Bertz CT molecular complexity index is 2560. The summed E-state index contributed by atoms with van der Waals surface area (Å²) in [6.07, 6.45) is 13.2. The SMILES string of the molecule is CC(C)(C)C(=O)C(C)(C)Oc1ccc(C(=O)c2ccc(Cl)cc2)cc1.CC(C)(C)C(=O)CC(O)C[N+](C)(C)C.CC/C=C\CC(=O)C(C)(C)C.CC/C=C\CC(C)(C)C(=O)C(C)C.Cc1ccc(C)c(OCCCC(C)(C)C(=O)C(C)(C)C)c1. The summed E-state index contributed by atoms with van der Waals surface area (Å²) in [5.74, 6) is 2.68. The Morgan fingerprint density at radius 1 is 0.595 bits per heavy atom. The van der Waals surface area contributed by atoms with Gasteiger partial charge in [-0.2, -0.15) is 0 Å². The second kappa shape index (κ2) is 35.6. The van der Waals surface area contributed by atoms with Gasteiger partial charge in [-0.15, -0.1) is 0 Å². The van der Waals surface area contributed by atoms with E-state index < -0.39 is 17.1 Å². The van der Waals surface area contributed by atoms with E-state index in [1.807, 2.05) is 158 Å². The standard InChI is InChI=1S/C21H23ClO3.C19H30O2.C12H22O.C11H24NO2.C10H18O/c1-20(2,3)19(24)21(4,5)25-17-12-8-15(9-13-17)18(23)14-6-10-16(22)11-7-14;1-14-9-10-15(2)16(13-14)21-12-8-11-19(6,7)17(20)18(3,4)5;1-6-7-8-9-12(4,5)11(13)10(2)3;1-11(2,3)10(14)7-9(13)8-12(4,5)6;1-5-6-7-8-9(11)10(2,3)4/h6-13H,1-5H3;9-10,13H,8,11-12H2,1-7H3;7-8,10H,6,9H2,1-5H3;9,13H,7-8H2,1-6H3;6-7H,5,8H2,1-4H3/q;;;+1;/b;;8-7-;;7-6-. The van der Waals surface area contributed by atoms with E-state index in [-0.39, 0.29) is 56.8 Å². The largest absolute Gasteiger partial charge is 0.493 e. The summed E-state index contributed by atoms with van der Waals surface area (Å²) in [6.45, 7) is 48.2. The summed E-state index contributed by atoms with van der Waals surface area (Å²) in [5, 5.41) is 10.3. The number of halogens is 1. The first-order valence-electron chi connectivity index (χ1n) is 30.2. The summed E-state index contributed by atoms with van der Waals surface area (Å²) < 4.78 is 12.4. The summed E-state index contributed by atoms with van der Waals surface area (Å²) >= 11 is 5.85. The highest BCUT2D eigenvalue weighted by Crippen LogP contribution is 2.34. The first-order valence-corrected chi connectivity index (χ1v) is 30.6. The number of carbonyl (C=O) groups excluding carboxylic acids is 6. The number of allylic oxidation sites excluding steroid dienone is 4. The Kier molecular flexibility index (Phi) is 34.3. The number of nitrogens with zero attached hydrogens (tertiary/aromatic N) is 1. The van der Waals surface area contributed by atoms with Crippen molar-refractivity contribution in [3.63, 3.8) is 0 Å². The van der Waals surface area contributed by atoms with E-state index in [0.717, 1.165) is 43.4 Å². The molecular weight excluding hydrogens is 1070 g/mol. The van der Waals surface area contributed by atoms with Gasteiger partial charge in [-0.3, -0.25) is 28.8 Å². The highest BCUT2D eigenvalue weighted by molar-refractivity contribution is 6.30. The lowest BCUT2D eigenvalue weighted by molar-refractivity contribution is -0.873. The van der Waals surface area contributed by atoms with Gasteiger partial charge in [0.1, 0.15) is 47.3 Å². The lowest BCUT2D eigenvalue weighted by atomic mass is 9.72. The number of ether oxygens (including phenoxy) is 2. The number of ketones is 6. The van der Waals surface area contributed by atoms with Crippen LogP contribution in [0.15, 0.2) is 91.0 Å². The number of Topliss-reactive ketones (excluding diaryl/α,β-unsaturated/α-hetero) is 5. The summed E-state index contributed by atoms with van der Waals surface area (Å²) in [4.78, 5) is 72.0. The second-order valence-corrected chi connectivity index (χ2v) is 29.9. The van der Waals surface area contributed by atoms with Crippen LogP contribution in [0.3, 0.4) is 0 Å². The van der Waals surface area contributed by atoms with Crippen molar-refractivity contribution in [2.75, 3.05) is 34.3 Å². The molecule has 1 N–H and O–H groups in total. The van der Waals surface area contributed by atoms with Crippen molar-refractivity contribution in [2.24, 2.45) is 38.4 Å². The second-order valence-electron chi connectivity index (χ2n) is 29.5. The van der Waals surface area contributed by atoms with E-state index in [0.29, 0.717) is 63.3 Å². The average Bonchev–Trinajstić information content (AvgIpc) is 3.48. The van der Waals surface area contributed by atoms with Crippen LogP contribution in [-0.2, 0) is 24.0 Å². The molecule has 0 spiro atoms. The number of quaternary nitrogens is 1. The molecule has 3 aromatic rings. The highest BCUT2D eigenvalue weighted by atomic mass is 35.5. The van der Waals surface area contributed by atoms with E-state index in [9.17, 15) is 33.9 Å². The predicted octanol–water partition coefficient (Wildman–Crippen LogP) is 18.1. The molecular formula is C73H117ClNO9+. The van der Waals surface area contributed by atoms with Gasteiger partial charge in [0.05, 0.1) is 27.7 Å². The maximum atomic E-state index is 12.5. The maximum absolute atomic E-state index is 12.5. The zero-order valence-electron chi connectivity index (χ0n) is 57.7. The van der Waals surface area contributed by atoms with Gasteiger partial charge in [-0.05, 0) is 126 Å². The Labute approximate surface area is 517 Å². The number of aryl methyl sites for hydroxylation is 2. The lowest BCUT2D eigenvalue weighted by Crippen LogP contribution is -2.45. The minimum atomic E-state index is -0.944. The fourth-order valence-electron chi connectivity index (χ4n) is 8.68. The van der Waals surface area contributed by atoms with Gasteiger partial charge >= 0.3 is 0 Å². The Hall–Kier alpha value is -5.03. The third-order valence-corrected chi connectivity index (χ3v) is 13.7. The molecule has 1 unspecified atom stereocenters. The summed E-state index contributed by atoms with van der Waals surface area (Å²) in [5.41, 5.74) is 0.763. The number of benzene rings is 3. The number of hydrogen-bond acceptors (Lipinski definition) is 9. The van der Waals surface area contributed by atoms with Crippen molar-refractivity contribution < 1.29 is 47.8 Å². The van der Waals surface area contributed by atoms with Crippen LogP contribution in [0.4, 0.5) is 0 Å². The molecule has 0 radical (unpaired) electrons. The van der Waals surface area contributed by atoms with Crippen LogP contribution >= 0.6 is 11.6 Å². The molecule has 10 nitrogen and oxygen atoms in total. The first-order chi connectivity index (χ1) is 38.0. The van der Waals surface area contributed by atoms with Gasteiger partial charge in [-0.25, -0.2) is 0 Å². The molecule has 1 atom stereocenters. The monoisotopic (exact) mass is 1190 g/mol.